The molecule has 4 atom stereocenters. The van der Waals surface area contributed by atoms with E-state index in [1.165, 1.54) is 0 Å². The Labute approximate surface area is 326 Å². The number of H-pyrrole nitrogens is 1. The van der Waals surface area contributed by atoms with E-state index < -0.39 is 9.84 Å². The van der Waals surface area contributed by atoms with Crippen LogP contribution >= 0.6 is 0 Å². The van der Waals surface area contributed by atoms with E-state index in [4.69, 9.17) is 9.97 Å². The third-order valence-electron chi connectivity index (χ3n) is 10.6. The van der Waals surface area contributed by atoms with Gasteiger partial charge in [-0.05, 0) is 64.8 Å². The van der Waals surface area contributed by atoms with Gasteiger partial charge in [0.25, 0.3) is 0 Å². The number of sulfone groups is 1. The lowest BCUT2D eigenvalue weighted by Gasteiger charge is -2.08. The van der Waals surface area contributed by atoms with Gasteiger partial charge < -0.3 is 14.1 Å². The molecule has 57 heavy (non-hydrogen) atoms. The first-order chi connectivity index (χ1) is 27.2. The van der Waals surface area contributed by atoms with Crippen molar-refractivity contribution in [2.45, 2.75) is 69.4 Å². The Morgan fingerprint density at radius 2 is 1.14 bits per heavy atom. The lowest BCUT2D eigenvalue weighted by Crippen LogP contribution is -2.17. The minimum absolute atomic E-state index is 0.0766. The number of hydrogen-bond donors (Lipinski definition) is 1. The Hall–Kier alpha value is -6.43. The van der Waals surface area contributed by atoms with Gasteiger partial charge in [0, 0.05) is 61.8 Å². The van der Waals surface area contributed by atoms with Crippen LogP contribution in [0.1, 0.15) is 82.8 Å². The zero-order chi connectivity index (χ0) is 39.9. The SMILES string of the molecule is Cc1nc(C)n(-c2cc(C3CC3c3nc4ccccc4n3C)[nH]c(=O)n2)n1.Cc1nc(C)n(-c2cc(C3CC3c3nc4ccccc4n3C)nc(S(C)(=O)=O)n2)n1. The van der Waals surface area contributed by atoms with Gasteiger partial charge in [0.2, 0.25) is 15.0 Å². The molecule has 17 nitrogen and oxygen atoms in total. The van der Waals surface area contributed by atoms with E-state index in [2.05, 4.69) is 55.3 Å². The van der Waals surface area contributed by atoms with Crippen LogP contribution in [-0.4, -0.2) is 83.2 Å². The van der Waals surface area contributed by atoms with Gasteiger partial charge in [-0.2, -0.15) is 19.3 Å². The standard InChI is InChI=1S/C20H21N7O2S.C19H19N7O/c1-11-21-12(2)27(25-11)18-10-16(23-20(24-18)30(4,28)29)13-9-14(13)19-22-15-7-5-6-8-17(15)26(19)3;1-10-20-11(2)26(24-10)17-9-15(22-19(27)23-17)12-8-13(12)18-21-14-6-4-5-7-16(14)25(18)3/h5-8,10,13-14H,9H2,1-4H3;4-7,9,12-13H,8H2,1-3H3,(H,22,23,27). The smallest absolute Gasteiger partial charge is 0.331 e. The molecule has 6 aromatic heterocycles. The van der Waals surface area contributed by atoms with E-state index in [0.717, 1.165) is 58.5 Å². The van der Waals surface area contributed by atoms with Crippen LogP contribution in [0.15, 0.2) is 70.6 Å². The highest BCUT2D eigenvalue weighted by Gasteiger charge is 2.45. The molecule has 2 saturated carbocycles. The van der Waals surface area contributed by atoms with Crippen molar-refractivity contribution in [2.75, 3.05) is 6.26 Å². The molecule has 10 rings (SSSR count). The number of aryl methyl sites for hydroxylation is 6. The van der Waals surface area contributed by atoms with Crippen LogP contribution < -0.4 is 5.69 Å². The van der Waals surface area contributed by atoms with E-state index >= 15 is 0 Å². The largest absolute Gasteiger partial charge is 0.347 e. The minimum atomic E-state index is -3.58. The summed E-state index contributed by atoms with van der Waals surface area (Å²) in [5.41, 5.74) is 5.33. The average molecular weight is 785 g/mol. The van der Waals surface area contributed by atoms with Gasteiger partial charge in [-0.25, -0.2) is 38.1 Å². The first kappa shape index (κ1) is 36.2. The second kappa shape index (κ2) is 13.4. The first-order valence-corrected chi connectivity index (χ1v) is 20.5. The molecule has 18 heteroatoms. The van der Waals surface area contributed by atoms with Crippen LogP contribution in [0, 0.1) is 27.7 Å². The number of imidazole rings is 2. The quantitative estimate of drug-likeness (QED) is 0.224. The number of hydrogen-bond acceptors (Lipinski definition) is 12. The second-order valence-corrected chi connectivity index (χ2v) is 16.8. The van der Waals surface area contributed by atoms with E-state index in [-0.39, 0.29) is 34.5 Å². The summed E-state index contributed by atoms with van der Waals surface area (Å²) in [6, 6.07) is 19.8. The number of benzene rings is 2. The summed E-state index contributed by atoms with van der Waals surface area (Å²) in [6.07, 6.45) is 2.92. The van der Waals surface area contributed by atoms with Gasteiger partial charge in [0.1, 0.15) is 34.9 Å². The molecule has 6 heterocycles. The topological polar surface area (TPSA) is 203 Å². The van der Waals surface area contributed by atoms with Crippen LogP contribution in [-0.2, 0) is 23.9 Å². The van der Waals surface area contributed by atoms with E-state index in [1.54, 1.807) is 23.2 Å². The summed E-state index contributed by atoms with van der Waals surface area (Å²) >= 11 is 0. The molecule has 4 unspecified atom stereocenters. The maximum atomic E-state index is 12.2. The Morgan fingerprint density at radius 1 is 0.632 bits per heavy atom. The fourth-order valence-corrected chi connectivity index (χ4v) is 8.30. The normalized spacial score (nSPS) is 18.9. The molecule has 8 aromatic rings. The highest BCUT2D eigenvalue weighted by molar-refractivity contribution is 7.90. The van der Waals surface area contributed by atoms with Gasteiger partial charge in [-0.3, -0.25) is 0 Å². The molecule has 2 aromatic carbocycles. The fraction of sp³-hybridized carbons (Fsp3) is 0.333. The number of nitrogens with one attached hydrogen (secondary N) is 1. The zero-order valence-electron chi connectivity index (χ0n) is 32.4. The number of fused-ring (bicyclic) bond motifs is 2. The molecule has 0 radical (unpaired) electrons. The van der Waals surface area contributed by atoms with Crippen molar-refractivity contribution in [3.8, 4) is 11.6 Å². The fourth-order valence-electron chi connectivity index (χ4n) is 7.76. The van der Waals surface area contributed by atoms with Crippen molar-refractivity contribution in [1.82, 2.24) is 68.6 Å². The zero-order valence-corrected chi connectivity index (χ0v) is 33.3. The van der Waals surface area contributed by atoms with Crippen LogP contribution in [0.4, 0.5) is 0 Å². The third-order valence-corrected chi connectivity index (χ3v) is 11.5. The maximum Gasteiger partial charge on any atom is 0.347 e. The van der Waals surface area contributed by atoms with Crippen molar-refractivity contribution in [3.05, 3.63) is 117 Å². The minimum Gasteiger partial charge on any atom is -0.331 e. The molecule has 0 saturated heterocycles. The molecule has 0 spiro atoms. The Morgan fingerprint density at radius 3 is 1.65 bits per heavy atom. The van der Waals surface area contributed by atoms with Crippen molar-refractivity contribution in [3.63, 3.8) is 0 Å². The molecule has 0 amide bonds. The average Bonchev–Trinajstić information content (AvgIpc) is 4.02. The first-order valence-electron chi connectivity index (χ1n) is 18.6. The summed E-state index contributed by atoms with van der Waals surface area (Å²) in [6.45, 7) is 7.26. The molecule has 2 aliphatic carbocycles. The Bertz CT molecular complexity index is 3050. The van der Waals surface area contributed by atoms with Gasteiger partial charge in [0.15, 0.2) is 11.6 Å². The molecule has 0 aliphatic heterocycles. The van der Waals surface area contributed by atoms with Gasteiger partial charge in [0.05, 0.1) is 27.8 Å². The van der Waals surface area contributed by atoms with Crippen molar-refractivity contribution in [1.29, 1.82) is 0 Å². The van der Waals surface area contributed by atoms with Gasteiger partial charge in [-0.1, -0.05) is 24.3 Å². The molecule has 0 bridgehead atoms. The predicted molar refractivity (Wildman–Crippen MR) is 210 cm³/mol. The van der Waals surface area contributed by atoms with Crippen molar-refractivity contribution >= 4 is 31.9 Å². The van der Waals surface area contributed by atoms with E-state index in [0.29, 0.717) is 40.6 Å². The highest BCUT2D eigenvalue weighted by Crippen LogP contribution is 2.55. The van der Waals surface area contributed by atoms with Crippen molar-refractivity contribution < 1.29 is 8.42 Å². The second-order valence-electron chi connectivity index (χ2n) is 14.9. The van der Waals surface area contributed by atoms with Crippen LogP contribution in [0.25, 0.3) is 33.7 Å². The summed E-state index contributed by atoms with van der Waals surface area (Å²) in [7, 11) is 0.470. The van der Waals surface area contributed by atoms with Crippen LogP contribution in [0.3, 0.4) is 0 Å². The van der Waals surface area contributed by atoms with E-state index in [1.807, 2.05) is 82.5 Å². The van der Waals surface area contributed by atoms with Gasteiger partial charge in [-0.15, -0.1) is 10.2 Å². The lowest BCUT2D eigenvalue weighted by atomic mass is 10.2. The number of aromatic nitrogens is 14. The summed E-state index contributed by atoms with van der Waals surface area (Å²) in [4.78, 5) is 45.9. The number of aromatic amines is 1. The third kappa shape index (κ3) is 6.68. The molecule has 2 fully saturated rings. The lowest BCUT2D eigenvalue weighted by molar-refractivity contribution is 0.589. The summed E-state index contributed by atoms with van der Waals surface area (Å²) in [5, 5.41) is 8.49. The Balaban J connectivity index is 0.000000149. The van der Waals surface area contributed by atoms with Crippen LogP contribution in [0.2, 0.25) is 0 Å². The molecule has 2 aliphatic rings. The molecular weight excluding hydrogens is 745 g/mol. The number of rotatable bonds is 7. The maximum absolute atomic E-state index is 12.2. The monoisotopic (exact) mass is 784 g/mol. The Kier molecular flexibility index (Phi) is 8.49. The summed E-state index contributed by atoms with van der Waals surface area (Å²) < 4.78 is 31.9. The summed E-state index contributed by atoms with van der Waals surface area (Å²) in [5.74, 6) is 6.30. The van der Waals surface area contributed by atoms with Crippen LogP contribution in [0.5, 0.6) is 0 Å². The highest BCUT2D eigenvalue weighted by atomic mass is 32.2. The molecule has 1 N–H and O–H groups in total. The number of para-hydroxylation sites is 4. The molecule has 290 valence electrons. The van der Waals surface area contributed by atoms with Gasteiger partial charge >= 0.3 is 5.69 Å². The van der Waals surface area contributed by atoms with Crippen molar-refractivity contribution in [2.24, 2.45) is 14.1 Å². The predicted octanol–water partition coefficient (Wildman–Crippen LogP) is 4.36. The number of nitrogens with zero attached hydrogens (tertiary/aromatic N) is 13. The van der Waals surface area contributed by atoms with E-state index in [9.17, 15) is 13.2 Å². The molecular formula is C39H40N14O3S.